The zero-order valence-corrected chi connectivity index (χ0v) is 14.5. The number of hydrogen-bond acceptors (Lipinski definition) is 4. The minimum absolute atomic E-state index is 0.101. The Kier molecular flexibility index (Phi) is 5.53. The first-order valence-electron chi connectivity index (χ1n) is 8.73. The number of aromatic nitrogens is 2. The first-order valence-corrected chi connectivity index (χ1v) is 8.73. The highest BCUT2D eigenvalue weighted by atomic mass is 16.5. The Morgan fingerprint density at radius 2 is 2.16 bits per heavy atom. The number of piperidine rings is 1. The maximum atomic E-state index is 12.4. The van der Waals surface area contributed by atoms with Crippen molar-refractivity contribution in [1.82, 2.24) is 20.0 Å². The number of hydrogen-bond donors (Lipinski definition) is 1. The van der Waals surface area contributed by atoms with Gasteiger partial charge in [-0.25, -0.2) is 4.79 Å². The lowest BCUT2D eigenvalue weighted by atomic mass is 10.0. The van der Waals surface area contributed by atoms with E-state index in [0.29, 0.717) is 19.5 Å². The summed E-state index contributed by atoms with van der Waals surface area (Å²) in [5, 5.41) is 8.44. The van der Waals surface area contributed by atoms with Gasteiger partial charge in [0, 0.05) is 25.0 Å². The minimum Gasteiger partial charge on any atom is -0.453 e. The molecule has 0 unspecified atom stereocenters. The maximum Gasteiger partial charge on any atom is 0.410 e. The Hall–Kier alpha value is -2.57. The van der Waals surface area contributed by atoms with Crippen molar-refractivity contribution in [3.63, 3.8) is 0 Å². The van der Waals surface area contributed by atoms with Gasteiger partial charge in [-0.3, -0.25) is 14.4 Å². The van der Waals surface area contributed by atoms with Crippen molar-refractivity contribution >= 4 is 22.9 Å². The SMILES string of the molecule is COC(=O)N1CCCC[C@@H]1C(=O)NCCCn1ncc2ccccc21. The highest BCUT2D eigenvalue weighted by Gasteiger charge is 2.32. The summed E-state index contributed by atoms with van der Waals surface area (Å²) in [4.78, 5) is 25.8. The molecule has 25 heavy (non-hydrogen) atoms. The molecule has 1 aromatic heterocycles. The van der Waals surface area contributed by atoms with Gasteiger partial charge in [0.15, 0.2) is 0 Å². The monoisotopic (exact) mass is 344 g/mol. The van der Waals surface area contributed by atoms with Gasteiger partial charge in [0.25, 0.3) is 0 Å². The molecule has 2 aromatic rings. The van der Waals surface area contributed by atoms with Crippen molar-refractivity contribution in [2.45, 2.75) is 38.3 Å². The number of carbonyl (C=O) groups is 2. The molecule has 2 amide bonds. The van der Waals surface area contributed by atoms with E-state index in [9.17, 15) is 9.59 Å². The van der Waals surface area contributed by atoms with Gasteiger partial charge in [0.05, 0.1) is 18.8 Å². The smallest absolute Gasteiger partial charge is 0.410 e. The fraction of sp³-hybridized carbons (Fsp3) is 0.500. The summed E-state index contributed by atoms with van der Waals surface area (Å²) >= 11 is 0. The van der Waals surface area contributed by atoms with Crippen molar-refractivity contribution in [3.8, 4) is 0 Å². The third-order valence-corrected chi connectivity index (χ3v) is 4.61. The van der Waals surface area contributed by atoms with Gasteiger partial charge in [-0.05, 0) is 31.7 Å². The van der Waals surface area contributed by atoms with Crippen LogP contribution in [0.25, 0.3) is 10.9 Å². The molecule has 1 atom stereocenters. The molecule has 0 saturated carbocycles. The van der Waals surface area contributed by atoms with Crippen molar-refractivity contribution in [2.75, 3.05) is 20.2 Å². The molecule has 1 aromatic carbocycles. The normalized spacial score (nSPS) is 17.5. The predicted octanol–water partition coefficient (Wildman–Crippen LogP) is 2.16. The first-order chi connectivity index (χ1) is 12.2. The number of nitrogens with one attached hydrogen (secondary N) is 1. The number of rotatable bonds is 5. The molecule has 7 nitrogen and oxygen atoms in total. The van der Waals surface area contributed by atoms with Crippen LogP contribution in [-0.4, -0.2) is 52.9 Å². The molecule has 3 rings (SSSR count). The molecule has 2 heterocycles. The maximum absolute atomic E-state index is 12.4. The predicted molar refractivity (Wildman–Crippen MR) is 94.1 cm³/mol. The van der Waals surface area contributed by atoms with E-state index in [2.05, 4.69) is 10.4 Å². The Morgan fingerprint density at radius 3 is 3.00 bits per heavy atom. The molecule has 0 bridgehead atoms. The molecule has 0 aliphatic carbocycles. The summed E-state index contributed by atoms with van der Waals surface area (Å²) in [6.07, 6.45) is 4.75. The first kappa shape index (κ1) is 17.3. The standard InChI is InChI=1S/C18H24N4O3/c1-25-18(24)21-11-5-4-9-16(21)17(23)19-10-6-12-22-15-8-3-2-7-14(15)13-20-22/h2-3,7-8,13,16H,4-6,9-12H2,1H3,(H,19,23)/t16-/m1/s1. The number of amides is 2. The summed E-state index contributed by atoms with van der Waals surface area (Å²) in [6, 6.07) is 7.63. The van der Waals surface area contributed by atoms with Gasteiger partial charge in [0.1, 0.15) is 6.04 Å². The number of benzene rings is 1. The number of nitrogens with zero attached hydrogens (tertiary/aromatic N) is 3. The van der Waals surface area contributed by atoms with Gasteiger partial charge in [-0.1, -0.05) is 18.2 Å². The average molecular weight is 344 g/mol. The van der Waals surface area contributed by atoms with E-state index in [1.54, 1.807) is 0 Å². The number of aryl methyl sites for hydroxylation is 1. The van der Waals surface area contributed by atoms with Crippen LogP contribution in [0.1, 0.15) is 25.7 Å². The quantitative estimate of drug-likeness (QED) is 0.844. The van der Waals surface area contributed by atoms with Gasteiger partial charge in [-0.2, -0.15) is 5.10 Å². The van der Waals surface area contributed by atoms with Crippen LogP contribution in [0.3, 0.4) is 0 Å². The summed E-state index contributed by atoms with van der Waals surface area (Å²) in [5.74, 6) is -0.101. The third-order valence-electron chi connectivity index (χ3n) is 4.61. The molecular weight excluding hydrogens is 320 g/mol. The molecule has 1 fully saturated rings. The Labute approximate surface area is 146 Å². The number of methoxy groups -OCH3 is 1. The van der Waals surface area contributed by atoms with Crippen LogP contribution < -0.4 is 5.32 Å². The van der Waals surface area contributed by atoms with E-state index in [0.717, 1.165) is 36.7 Å². The molecule has 7 heteroatoms. The Balaban J connectivity index is 1.49. The van der Waals surface area contributed by atoms with Crippen LogP contribution in [-0.2, 0) is 16.1 Å². The van der Waals surface area contributed by atoms with Crippen LogP contribution >= 0.6 is 0 Å². The highest BCUT2D eigenvalue weighted by molar-refractivity contribution is 5.85. The van der Waals surface area contributed by atoms with Crippen molar-refractivity contribution in [2.24, 2.45) is 0 Å². The zero-order valence-electron chi connectivity index (χ0n) is 14.5. The lowest BCUT2D eigenvalue weighted by molar-refractivity contribution is -0.127. The van der Waals surface area contributed by atoms with Crippen LogP contribution in [0.15, 0.2) is 30.5 Å². The fourth-order valence-corrected chi connectivity index (χ4v) is 3.30. The van der Waals surface area contributed by atoms with E-state index < -0.39 is 12.1 Å². The van der Waals surface area contributed by atoms with Crippen molar-refractivity contribution < 1.29 is 14.3 Å². The summed E-state index contributed by atoms with van der Waals surface area (Å²) in [7, 11) is 1.35. The van der Waals surface area contributed by atoms with E-state index in [1.165, 1.54) is 12.0 Å². The van der Waals surface area contributed by atoms with Gasteiger partial charge < -0.3 is 10.1 Å². The van der Waals surface area contributed by atoms with E-state index in [1.807, 2.05) is 35.1 Å². The molecule has 0 spiro atoms. The molecule has 1 aliphatic rings. The topological polar surface area (TPSA) is 76.5 Å². The molecular formula is C18H24N4O3. The van der Waals surface area contributed by atoms with Crippen LogP contribution in [0, 0.1) is 0 Å². The number of para-hydroxylation sites is 1. The lowest BCUT2D eigenvalue weighted by Gasteiger charge is -2.33. The molecule has 1 saturated heterocycles. The number of ether oxygens (including phenoxy) is 1. The van der Waals surface area contributed by atoms with E-state index in [-0.39, 0.29) is 5.91 Å². The second-order valence-electron chi connectivity index (χ2n) is 6.25. The Morgan fingerprint density at radius 1 is 1.32 bits per heavy atom. The van der Waals surface area contributed by atoms with E-state index >= 15 is 0 Å². The molecule has 1 N–H and O–H groups in total. The largest absolute Gasteiger partial charge is 0.453 e. The Bertz CT molecular complexity index is 743. The fourth-order valence-electron chi connectivity index (χ4n) is 3.30. The highest BCUT2D eigenvalue weighted by Crippen LogP contribution is 2.18. The van der Waals surface area contributed by atoms with Gasteiger partial charge in [-0.15, -0.1) is 0 Å². The molecule has 0 radical (unpaired) electrons. The number of carbonyl (C=O) groups excluding carboxylic acids is 2. The summed E-state index contributed by atoms with van der Waals surface area (Å²) < 4.78 is 6.73. The van der Waals surface area contributed by atoms with E-state index in [4.69, 9.17) is 4.74 Å². The average Bonchev–Trinajstić information content (AvgIpc) is 3.07. The minimum atomic E-state index is -0.428. The third kappa shape index (κ3) is 3.92. The number of fused-ring (bicyclic) bond motifs is 1. The zero-order chi connectivity index (χ0) is 17.6. The lowest BCUT2D eigenvalue weighted by Crippen LogP contribution is -2.52. The molecule has 1 aliphatic heterocycles. The van der Waals surface area contributed by atoms with Crippen LogP contribution in [0.2, 0.25) is 0 Å². The molecule has 134 valence electrons. The van der Waals surface area contributed by atoms with Crippen LogP contribution in [0.5, 0.6) is 0 Å². The van der Waals surface area contributed by atoms with Crippen molar-refractivity contribution in [3.05, 3.63) is 30.5 Å². The second-order valence-corrected chi connectivity index (χ2v) is 6.25. The number of likely N-dealkylation sites (tertiary alicyclic amines) is 1. The van der Waals surface area contributed by atoms with Gasteiger partial charge >= 0.3 is 6.09 Å². The van der Waals surface area contributed by atoms with Crippen molar-refractivity contribution in [1.29, 1.82) is 0 Å². The summed E-state index contributed by atoms with van der Waals surface area (Å²) in [5.41, 5.74) is 1.10. The summed E-state index contributed by atoms with van der Waals surface area (Å²) in [6.45, 7) is 1.86. The second kappa shape index (κ2) is 8.00. The van der Waals surface area contributed by atoms with Gasteiger partial charge in [0.2, 0.25) is 5.91 Å². The van der Waals surface area contributed by atoms with Crippen LogP contribution in [0.4, 0.5) is 4.79 Å².